The van der Waals surface area contributed by atoms with E-state index < -0.39 is 5.97 Å². The van der Waals surface area contributed by atoms with E-state index in [-0.39, 0.29) is 0 Å². The molecule has 94 valence electrons. The maximum Gasteiger partial charge on any atom is 0.303 e. The van der Waals surface area contributed by atoms with Crippen molar-refractivity contribution in [3.05, 3.63) is 11.6 Å². The number of carboxylic acids is 1. The average Bonchev–Trinajstić information content (AvgIpc) is 2.25. The highest BCUT2D eigenvalue weighted by molar-refractivity contribution is 5.66. The molecule has 4 bridgehead atoms. The third-order valence-corrected chi connectivity index (χ3v) is 5.06. The van der Waals surface area contributed by atoms with Gasteiger partial charge in [0.2, 0.25) is 0 Å². The summed E-state index contributed by atoms with van der Waals surface area (Å²) >= 11 is 0. The first-order chi connectivity index (χ1) is 8.22. The van der Waals surface area contributed by atoms with Gasteiger partial charge in [0.15, 0.2) is 0 Å². The lowest BCUT2D eigenvalue weighted by molar-refractivity contribution is -0.137. The second kappa shape index (κ2) is 4.47. The summed E-state index contributed by atoms with van der Waals surface area (Å²) in [4.78, 5) is 10.5. The van der Waals surface area contributed by atoms with Crippen molar-refractivity contribution in [1.29, 1.82) is 0 Å². The van der Waals surface area contributed by atoms with E-state index in [1.807, 2.05) is 0 Å². The number of unbranched alkanes of at least 4 members (excludes halogenated alkanes) is 1. The normalized spacial score (nSPS) is 38.5. The number of carboxylic acid groups (broad SMARTS) is 1. The van der Waals surface area contributed by atoms with Crippen LogP contribution in [-0.2, 0) is 4.79 Å². The van der Waals surface area contributed by atoms with E-state index in [4.69, 9.17) is 5.11 Å². The first-order valence-corrected chi connectivity index (χ1v) is 7.14. The predicted octanol–water partition coefficient (Wildman–Crippen LogP) is 3.62. The molecule has 0 spiro atoms. The highest BCUT2D eigenvalue weighted by Crippen LogP contribution is 2.56. The van der Waals surface area contributed by atoms with Crippen molar-refractivity contribution in [2.75, 3.05) is 0 Å². The predicted molar refractivity (Wildman–Crippen MR) is 66.6 cm³/mol. The van der Waals surface area contributed by atoms with Crippen molar-refractivity contribution in [2.24, 2.45) is 23.7 Å². The zero-order valence-corrected chi connectivity index (χ0v) is 10.4. The molecule has 4 rings (SSSR count). The Morgan fingerprint density at radius 1 is 1.12 bits per heavy atom. The van der Waals surface area contributed by atoms with Crippen molar-refractivity contribution >= 4 is 5.97 Å². The van der Waals surface area contributed by atoms with E-state index in [1.165, 1.54) is 32.1 Å². The second-order valence-electron chi connectivity index (χ2n) is 6.29. The molecule has 2 heteroatoms. The fourth-order valence-electron chi connectivity index (χ4n) is 4.58. The lowest BCUT2D eigenvalue weighted by atomic mass is 9.54. The Kier molecular flexibility index (Phi) is 2.97. The number of hydrogen-bond donors (Lipinski definition) is 1. The van der Waals surface area contributed by atoms with Gasteiger partial charge in [0.05, 0.1) is 0 Å². The van der Waals surface area contributed by atoms with E-state index in [0.29, 0.717) is 6.42 Å². The molecule has 0 heterocycles. The van der Waals surface area contributed by atoms with E-state index in [2.05, 4.69) is 6.08 Å². The number of hydrogen-bond acceptors (Lipinski definition) is 1. The van der Waals surface area contributed by atoms with Crippen LogP contribution in [0.4, 0.5) is 0 Å². The Morgan fingerprint density at radius 3 is 2.24 bits per heavy atom. The molecule has 0 aromatic rings. The third-order valence-electron chi connectivity index (χ3n) is 5.06. The van der Waals surface area contributed by atoms with Crippen LogP contribution in [0.15, 0.2) is 11.6 Å². The van der Waals surface area contributed by atoms with E-state index in [0.717, 1.165) is 36.5 Å². The molecule has 4 aliphatic carbocycles. The van der Waals surface area contributed by atoms with Gasteiger partial charge in [-0.25, -0.2) is 0 Å². The van der Waals surface area contributed by atoms with Gasteiger partial charge in [0.1, 0.15) is 0 Å². The summed E-state index contributed by atoms with van der Waals surface area (Å²) in [5.41, 5.74) is 1.71. The van der Waals surface area contributed by atoms with Crippen LogP contribution in [0.25, 0.3) is 0 Å². The average molecular weight is 234 g/mol. The van der Waals surface area contributed by atoms with Crippen LogP contribution in [0.1, 0.15) is 51.4 Å². The van der Waals surface area contributed by atoms with Gasteiger partial charge >= 0.3 is 5.97 Å². The summed E-state index contributed by atoms with van der Waals surface area (Å²) in [5.74, 6) is 3.13. The molecule has 4 fully saturated rings. The van der Waals surface area contributed by atoms with Gasteiger partial charge in [-0.15, -0.1) is 0 Å². The number of carbonyl (C=O) groups is 1. The highest BCUT2D eigenvalue weighted by atomic mass is 16.4. The van der Waals surface area contributed by atoms with Crippen LogP contribution in [0.2, 0.25) is 0 Å². The van der Waals surface area contributed by atoms with Gasteiger partial charge in [-0.3, -0.25) is 4.79 Å². The van der Waals surface area contributed by atoms with E-state index in [1.54, 1.807) is 5.57 Å². The molecule has 0 unspecified atom stereocenters. The van der Waals surface area contributed by atoms with Gasteiger partial charge in [-0.1, -0.05) is 11.6 Å². The Bertz CT molecular complexity index is 313. The maximum absolute atomic E-state index is 10.5. The first kappa shape index (κ1) is 11.3. The van der Waals surface area contributed by atoms with Gasteiger partial charge in [-0.05, 0) is 68.6 Å². The van der Waals surface area contributed by atoms with Gasteiger partial charge in [0.25, 0.3) is 0 Å². The minimum Gasteiger partial charge on any atom is -0.481 e. The van der Waals surface area contributed by atoms with Crippen LogP contribution >= 0.6 is 0 Å². The summed E-state index contributed by atoms with van der Waals surface area (Å²) in [6.07, 6.45) is 11.7. The van der Waals surface area contributed by atoms with Crippen molar-refractivity contribution in [3.8, 4) is 0 Å². The van der Waals surface area contributed by atoms with E-state index in [9.17, 15) is 4.79 Å². The molecule has 0 saturated heterocycles. The van der Waals surface area contributed by atoms with Crippen molar-refractivity contribution in [1.82, 2.24) is 0 Å². The second-order valence-corrected chi connectivity index (χ2v) is 6.29. The minimum atomic E-state index is -0.659. The lowest BCUT2D eigenvalue weighted by Crippen LogP contribution is -2.40. The van der Waals surface area contributed by atoms with Gasteiger partial charge in [-0.2, -0.15) is 0 Å². The van der Waals surface area contributed by atoms with Crippen LogP contribution in [0.5, 0.6) is 0 Å². The fourth-order valence-corrected chi connectivity index (χ4v) is 4.58. The molecular formula is C15H22O2. The molecule has 1 N–H and O–H groups in total. The Balaban J connectivity index is 1.60. The van der Waals surface area contributed by atoms with Crippen molar-refractivity contribution in [3.63, 3.8) is 0 Å². The molecule has 0 radical (unpaired) electrons. The van der Waals surface area contributed by atoms with Gasteiger partial charge in [0, 0.05) is 6.42 Å². The first-order valence-electron chi connectivity index (χ1n) is 7.14. The molecule has 4 aliphatic rings. The van der Waals surface area contributed by atoms with Crippen LogP contribution < -0.4 is 0 Å². The summed E-state index contributed by atoms with van der Waals surface area (Å²) in [7, 11) is 0. The quantitative estimate of drug-likeness (QED) is 0.596. The molecule has 17 heavy (non-hydrogen) atoms. The van der Waals surface area contributed by atoms with E-state index >= 15 is 0 Å². The SMILES string of the molecule is O=C(O)CCCC=C1C2CC3CC(C2)CC1C3. The summed E-state index contributed by atoms with van der Waals surface area (Å²) in [6.45, 7) is 0. The third kappa shape index (κ3) is 2.27. The molecule has 0 aliphatic heterocycles. The Morgan fingerprint density at radius 2 is 1.71 bits per heavy atom. The lowest BCUT2D eigenvalue weighted by Gasteiger charge is -2.51. The standard InChI is InChI=1S/C15H22O2/c16-15(17)4-2-1-3-14-12-6-10-5-11(8-12)9-13(14)7-10/h3,10-13H,1-2,4-9H2,(H,16,17). The van der Waals surface area contributed by atoms with Crippen LogP contribution in [-0.4, -0.2) is 11.1 Å². The van der Waals surface area contributed by atoms with Crippen molar-refractivity contribution < 1.29 is 9.90 Å². The monoisotopic (exact) mass is 234 g/mol. The number of allylic oxidation sites excluding steroid dienone is 2. The maximum atomic E-state index is 10.5. The Hall–Kier alpha value is -0.790. The fraction of sp³-hybridized carbons (Fsp3) is 0.800. The largest absolute Gasteiger partial charge is 0.481 e. The highest BCUT2D eigenvalue weighted by Gasteiger charge is 2.44. The molecule has 0 aromatic carbocycles. The summed E-state index contributed by atoms with van der Waals surface area (Å²) < 4.78 is 0. The zero-order chi connectivity index (χ0) is 11.8. The number of rotatable bonds is 4. The number of aliphatic carboxylic acids is 1. The molecule has 0 aromatic heterocycles. The molecule has 4 saturated carbocycles. The van der Waals surface area contributed by atoms with Crippen LogP contribution in [0, 0.1) is 23.7 Å². The molecular weight excluding hydrogens is 212 g/mol. The van der Waals surface area contributed by atoms with Crippen molar-refractivity contribution in [2.45, 2.75) is 51.4 Å². The Labute approximate surface area is 103 Å². The smallest absolute Gasteiger partial charge is 0.303 e. The molecule has 2 nitrogen and oxygen atoms in total. The molecule has 0 atom stereocenters. The minimum absolute atomic E-state index is 0.324. The summed E-state index contributed by atoms with van der Waals surface area (Å²) in [6, 6.07) is 0. The summed E-state index contributed by atoms with van der Waals surface area (Å²) in [5, 5.41) is 8.63. The zero-order valence-electron chi connectivity index (χ0n) is 10.4. The topological polar surface area (TPSA) is 37.3 Å². The van der Waals surface area contributed by atoms with Gasteiger partial charge < -0.3 is 5.11 Å². The van der Waals surface area contributed by atoms with Crippen LogP contribution in [0.3, 0.4) is 0 Å². The molecule has 0 amide bonds.